The van der Waals surface area contributed by atoms with Gasteiger partial charge in [-0.15, -0.1) is 0 Å². The minimum Gasteiger partial charge on any atom is -0.350 e. The van der Waals surface area contributed by atoms with Crippen LogP contribution >= 0.6 is 0 Å². The summed E-state index contributed by atoms with van der Waals surface area (Å²) in [5.74, 6) is -0.865. The van der Waals surface area contributed by atoms with Crippen LogP contribution in [0.1, 0.15) is 28.4 Å². The van der Waals surface area contributed by atoms with Crippen LogP contribution in [0.3, 0.4) is 0 Å². The molecule has 126 valence electrons. The maximum Gasteiger partial charge on any atom is 0.251 e. The molecule has 0 heterocycles. The van der Waals surface area contributed by atoms with E-state index < -0.39 is 5.82 Å². The molecule has 0 fully saturated rings. The largest absolute Gasteiger partial charge is 0.350 e. The third-order valence-electron chi connectivity index (χ3n) is 3.69. The van der Waals surface area contributed by atoms with Crippen molar-refractivity contribution in [3.8, 4) is 0 Å². The highest BCUT2D eigenvalue weighted by Gasteiger charge is 2.11. The zero-order chi connectivity index (χ0) is 17.5. The Morgan fingerprint density at radius 3 is 2.46 bits per heavy atom. The molecule has 0 aromatic heterocycles. The molecule has 0 unspecified atom stereocenters. The van der Waals surface area contributed by atoms with Crippen molar-refractivity contribution in [3.05, 3.63) is 71.0 Å². The van der Waals surface area contributed by atoms with Crippen LogP contribution in [0.25, 0.3) is 0 Å². The van der Waals surface area contributed by atoms with Gasteiger partial charge in [-0.25, -0.2) is 4.39 Å². The second-order valence-electron chi connectivity index (χ2n) is 5.69. The summed E-state index contributed by atoms with van der Waals surface area (Å²) in [4.78, 5) is 25.4. The maximum atomic E-state index is 13.1. The predicted molar refractivity (Wildman–Crippen MR) is 91.0 cm³/mol. The Hall–Kier alpha value is -2.69. The van der Waals surface area contributed by atoms with E-state index in [1.807, 2.05) is 31.2 Å². The molecular formula is C19H21FN2O2. The molecule has 0 aliphatic heterocycles. The second-order valence-corrected chi connectivity index (χ2v) is 5.69. The Bertz CT molecular complexity index is 714. The van der Waals surface area contributed by atoms with Gasteiger partial charge in [-0.2, -0.15) is 0 Å². The molecule has 2 aromatic rings. The normalized spacial score (nSPS) is 10.3. The third kappa shape index (κ3) is 5.19. The fourth-order valence-corrected chi connectivity index (χ4v) is 2.30. The van der Waals surface area contributed by atoms with Gasteiger partial charge in [0.1, 0.15) is 5.82 Å². The van der Waals surface area contributed by atoms with E-state index in [2.05, 4.69) is 5.32 Å². The molecule has 1 N–H and O–H groups in total. The minimum atomic E-state index is -0.451. The molecule has 0 bridgehead atoms. The maximum absolute atomic E-state index is 13.1. The van der Waals surface area contributed by atoms with Crippen LogP contribution < -0.4 is 5.32 Å². The number of nitrogens with zero attached hydrogens (tertiary/aromatic N) is 1. The molecule has 4 nitrogen and oxygen atoms in total. The number of hydrogen-bond acceptors (Lipinski definition) is 2. The first-order valence-corrected chi connectivity index (χ1v) is 7.80. The van der Waals surface area contributed by atoms with Gasteiger partial charge in [0.25, 0.3) is 5.91 Å². The molecule has 0 saturated heterocycles. The molecule has 0 atom stereocenters. The first-order valence-electron chi connectivity index (χ1n) is 7.80. The van der Waals surface area contributed by atoms with Crippen molar-refractivity contribution in [2.75, 3.05) is 13.1 Å². The van der Waals surface area contributed by atoms with Gasteiger partial charge in [-0.3, -0.25) is 9.59 Å². The molecule has 2 rings (SSSR count). The number of amides is 2. The fraction of sp³-hybridized carbons (Fsp3) is 0.263. The molecule has 24 heavy (non-hydrogen) atoms. The van der Waals surface area contributed by atoms with Crippen molar-refractivity contribution in [3.63, 3.8) is 0 Å². The standard InChI is InChI=1S/C19H21FN2O2/c1-14-6-8-16(9-7-14)13-22(15(2)23)11-10-21-19(24)17-4-3-5-18(20)12-17/h3-9,12H,10-11,13H2,1-2H3,(H,21,24). The quantitative estimate of drug-likeness (QED) is 0.886. The highest BCUT2D eigenvalue weighted by atomic mass is 19.1. The first kappa shape index (κ1) is 17.7. The number of rotatable bonds is 6. The Kier molecular flexibility index (Phi) is 6.07. The lowest BCUT2D eigenvalue weighted by Gasteiger charge is -2.21. The summed E-state index contributed by atoms with van der Waals surface area (Å²) in [5, 5.41) is 2.71. The lowest BCUT2D eigenvalue weighted by Crippen LogP contribution is -2.37. The zero-order valence-electron chi connectivity index (χ0n) is 13.9. The van der Waals surface area contributed by atoms with Gasteiger partial charge >= 0.3 is 0 Å². The van der Waals surface area contributed by atoms with Crippen LogP contribution in [0.4, 0.5) is 4.39 Å². The van der Waals surface area contributed by atoms with Crippen LogP contribution in [-0.2, 0) is 11.3 Å². The predicted octanol–water partition coefficient (Wildman–Crippen LogP) is 2.91. The fourth-order valence-electron chi connectivity index (χ4n) is 2.30. The molecular weight excluding hydrogens is 307 g/mol. The number of carbonyl (C=O) groups is 2. The molecule has 0 spiro atoms. The lowest BCUT2D eigenvalue weighted by atomic mass is 10.1. The van der Waals surface area contributed by atoms with Crippen LogP contribution in [0, 0.1) is 12.7 Å². The Labute approximate surface area is 141 Å². The van der Waals surface area contributed by atoms with Crippen LogP contribution in [-0.4, -0.2) is 29.8 Å². The number of benzene rings is 2. The van der Waals surface area contributed by atoms with Gasteiger partial charge in [-0.05, 0) is 30.7 Å². The lowest BCUT2D eigenvalue weighted by molar-refractivity contribution is -0.129. The van der Waals surface area contributed by atoms with Gasteiger partial charge in [0.05, 0.1) is 0 Å². The Morgan fingerprint density at radius 1 is 1.12 bits per heavy atom. The molecule has 0 aliphatic carbocycles. The number of hydrogen-bond donors (Lipinski definition) is 1. The summed E-state index contributed by atoms with van der Waals surface area (Å²) in [6.45, 7) is 4.70. The number of halogens is 1. The summed E-state index contributed by atoms with van der Waals surface area (Å²) in [6.07, 6.45) is 0. The van der Waals surface area contributed by atoms with Crippen molar-refractivity contribution in [1.29, 1.82) is 0 Å². The Morgan fingerprint density at radius 2 is 1.83 bits per heavy atom. The molecule has 2 amide bonds. The van der Waals surface area contributed by atoms with E-state index in [9.17, 15) is 14.0 Å². The number of carbonyl (C=O) groups excluding carboxylic acids is 2. The highest BCUT2D eigenvalue weighted by Crippen LogP contribution is 2.07. The summed E-state index contributed by atoms with van der Waals surface area (Å²) < 4.78 is 13.1. The SMILES string of the molecule is CC(=O)N(CCNC(=O)c1cccc(F)c1)Cc1ccc(C)cc1. The van der Waals surface area contributed by atoms with Crippen molar-refractivity contribution in [1.82, 2.24) is 10.2 Å². The van der Waals surface area contributed by atoms with Gasteiger partial charge in [0, 0.05) is 32.1 Å². The monoisotopic (exact) mass is 328 g/mol. The summed E-state index contributed by atoms with van der Waals surface area (Å²) in [6, 6.07) is 13.5. The van der Waals surface area contributed by atoms with Gasteiger partial charge in [0.2, 0.25) is 5.91 Å². The first-order chi connectivity index (χ1) is 11.5. The van der Waals surface area contributed by atoms with E-state index in [1.165, 1.54) is 25.1 Å². The van der Waals surface area contributed by atoms with E-state index in [-0.39, 0.29) is 17.4 Å². The van der Waals surface area contributed by atoms with Crippen LogP contribution in [0.2, 0.25) is 0 Å². The highest BCUT2D eigenvalue weighted by molar-refractivity contribution is 5.94. The number of nitrogens with one attached hydrogen (secondary N) is 1. The number of aryl methyl sites for hydroxylation is 1. The molecule has 0 aliphatic rings. The summed E-state index contributed by atoms with van der Waals surface area (Å²) in [7, 11) is 0. The average Bonchev–Trinajstić information content (AvgIpc) is 2.55. The topological polar surface area (TPSA) is 49.4 Å². The molecule has 5 heteroatoms. The minimum absolute atomic E-state index is 0.0596. The Balaban J connectivity index is 1.88. The molecule has 0 radical (unpaired) electrons. The van der Waals surface area contributed by atoms with Gasteiger partial charge in [0.15, 0.2) is 0 Å². The van der Waals surface area contributed by atoms with Crippen molar-refractivity contribution >= 4 is 11.8 Å². The zero-order valence-corrected chi connectivity index (χ0v) is 13.9. The van der Waals surface area contributed by atoms with E-state index in [1.54, 1.807) is 11.0 Å². The van der Waals surface area contributed by atoms with Crippen molar-refractivity contribution in [2.24, 2.45) is 0 Å². The molecule has 2 aromatic carbocycles. The third-order valence-corrected chi connectivity index (χ3v) is 3.69. The van der Waals surface area contributed by atoms with Crippen molar-refractivity contribution in [2.45, 2.75) is 20.4 Å². The smallest absolute Gasteiger partial charge is 0.251 e. The van der Waals surface area contributed by atoms with Gasteiger partial charge in [-0.1, -0.05) is 35.9 Å². The second kappa shape index (κ2) is 8.24. The van der Waals surface area contributed by atoms with E-state index in [4.69, 9.17) is 0 Å². The van der Waals surface area contributed by atoms with E-state index >= 15 is 0 Å². The van der Waals surface area contributed by atoms with Crippen molar-refractivity contribution < 1.29 is 14.0 Å². The van der Waals surface area contributed by atoms with Crippen LogP contribution in [0.15, 0.2) is 48.5 Å². The van der Waals surface area contributed by atoms with E-state index in [0.29, 0.717) is 19.6 Å². The average molecular weight is 328 g/mol. The van der Waals surface area contributed by atoms with E-state index in [0.717, 1.165) is 11.1 Å². The van der Waals surface area contributed by atoms with Gasteiger partial charge < -0.3 is 10.2 Å². The summed E-state index contributed by atoms with van der Waals surface area (Å²) >= 11 is 0. The molecule has 0 saturated carbocycles. The summed E-state index contributed by atoms with van der Waals surface area (Å²) in [5.41, 5.74) is 2.46. The van der Waals surface area contributed by atoms with Crippen LogP contribution in [0.5, 0.6) is 0 Å².